The minimum atomic E-state index is -0.805. The van der Waals surface area contributed by atoms with E-state index in [0.29, 0.717) is 17.7 Å². The van der Waals surface area contributed by atoms with Crippen molar-refractivity contribution in [2.75, 3.05) is 11.9 Å². The molecule has 6 nitrogen and oxygen atoms in total. The maximum Gasteiger partial charge on any atom is 0.251 e. The molecule has 6 heteroatoms. The molecule has 0 atom stereocenters. The number of anilines is 1. The molecule has 1 aromatic rings. The molecule has 0 fully saturated rings. The molecule has 0 bridgehead atoms. The van der Waals surface area contributed by atoms with Crippen molar-refractivity contribution in [3.8, 4) is 0 Å². The molecule has 106 valence electrons. The van der Waals surface area contributed by atoms with Crippen LogP contribution >= 0.6 is 0 Å². The number of rotatable bonds is 4. The molecular weight excluding hydrogens is 258 g/mol. The molecule has 0 spiro atoms. The average molecular weight is 275 g/mol. The Kier molecular flexibility index (Phi) is 3.48. The molecule has 20 heavy (non-hydrogen) atoms. The van der Waals surface area contributed by atoms with Gasteiger partial charge >= 0.3 is 0 Å². The largest absolute Gasteiger partial charge is 0.369 e. The third-order valence-corrected chi connectivity index (χ3v) is 3.36. The fourth-order valence-electron chi connectivity index (χ4n) is 1.85. The predicted molar refractivity (Wildman–Crippen MR) is 74.1 cm³/mol. The molecule has 1 aliphatic heterocycles. The van der Waals surface area contributed by atoms with Gasteiger partial charge in [-0.3, -0.25) is 14.4 Å². The maximum absolute atomic E-state index is 12.0. The standard InChI is InChI=1S/C14H17N3O3/c1-14(2,13(15)20)7-16-12(19)9-4-3-8-6-11(18)17-10(8)5-9/h3-5H,6-7H2,1-2H3,(H2,15,20)(H,16,19)(H,17,18). The zero-order valence-electron chi connectivity index (χ0n) is 11.4. The van der Waals surface area contributed by atoms with Gasteiger partial charge in [-0.15, -0.1) is 0 Å². The minimum absolute atomic E-state index is 0.0765. The minimum Gasteiger partial charge on any atom is -0.369 e. The number of fused-ring (bicyclic) bond motifs is 1. The molecule has 1 aromatic carbocycles. The molecule has 2 rings (SSSR count). The molecule has 0 unspecified atom stereocenters. The van der Waals surface area contributed by atoms with Crippen LogP contribution in [0.3, 0.4) is 0 Å². The van der Waals surface area contributed by atoms with Gasteiger partial charge in [0.05, 0.1) is 11.8 Å². The first-order valence-electron chi connectivity index (χ1n) is 6.30. The lowest BCUT2D eigenvalue weighted by atomic mass is 9.92. The van der Waals surface area contributed by atoms with Gasteiger partial charge < -0.3 is 16.4 Å². The van der Waals surface area contributed by atoms with Gasteiger partial charge in [-0.25, -0.2) is 0 Å². The van der Waals surface area contributed by atoms with E-state index >= 15 is 0 Å². The second kappa shape index (κ2) is 4.96. The van der Waals surface area contributed by atoms with Crippen molar-refractivity contribution in [2.24, 2.45) is 11.1 Å². The third-order valence-electron chi connectivity index (χ3n) is 3.36. The molecule has 0 aliphatic carbocycles. The van der Waals surface area contributed by atoms with E-state index in [1.165, 1.54) is 0 Å². The molecule has 1 heterocycles. The van der Waals surface area contributed by atoms with E-state index in [9.17, 15) is 14.4 Å². The first-order chi connectivity index (χ1) is 9.29. The number of amides is 3. The highest BCUT2D eigenvalue weighted by Crippen LogP contribution is 2.24. The van der Waals surface area contributed by atoms with Crippen LogP contribution in [-0.4, -0.2) is 24.3 Å². The molecule has 0 saturated heterocycles. The summed E-state index contributed by atoms with van der Waals surface area (Å²) in [5, 5.41) is 5.36. The predicted octanol–water partition coefficient (Wildman–Crippen LogP) is 0.422. The van der Waals surface area contributed by atoms with Crippen LogP contribution in [0, 0.1) is 5.41 Å². The molecule has 1 aliphatic rings. The van der Waals surface area contributed by atoms with E-state index in [1.807, 2.05) is 0 Å². The topological polar surface area (TPSA) is 101 Å². The van der Waals surface area contributed by atoms with Crippen LogP contribution in [-0.2, 0) is 16.0 Å². The number of hydrogen-bond acceptors (Lipinski definition) is 3. The summed E-state index contributed by atoms with van der Waals surface area (Å²) >= 11 is 0. The van der Waals surface area contributed by atoms with Gasteiger partial charge in [-0.2, -0.15) is 0 Å². The highest BCUT2D eigenvalue weighted by Gasteiger charge is 2.26. The van der Waals surface area contributed by atoms with Crippen molar-refractivity contribution in [3.63, 3.8) is 0 Å². The number of primary amides is 1. The Morgan fingerprint density at radius 3 is 2.75 bits per heavy atom. The van der Waals surface area contributed by atoms with Crippen LogP contribution in [0.15, 0.2) is 18.2 Å². The van der Waals surface area contributed by atoms with Gasteiger partial charge in [0.25, 0.3) is 5.91 Å². The molecule has 0 saturated carbocycles. The van der Waals surface area contributed by atoms with Crippen molar-refractivity contribution in [1.82, 2.24) is 5.32 Å². The van der Waals surface area contributed by atoms with E-state index < -0.39 is 11.3 Å². The SMILES string of the molecule is CC(C)(CNC(=O)c1ccc2c(c1)NC(=O)C2)C(N)=O. The molecule has 3 amide bonds. The average Bonchev–Trinajstić information content (AvgIpc) is 2.74. The highest BCUT2D eigenvalue weighted by atomic mass is 16.2. The van der Waals surface area contributed by atoms with Crippen molar-refractivity contribution in [3.05, 3.63) is 29.3 Å². The van der Waals surface area contributed by atoms with Crippen LogP contribution in [0.4, 0.5) is 5.69 Å². The molecule has 0 aromatic heterocycles. The molecule has 4 N–H and O–H groups in total. The Morgan fingerprint density at radius 1 is 1.40 bits per heavy atom. The van der Waals surface area contributed by atoms with E-state index in [0.717, 1.165) is 5.56 Å². The summed E-state index contributed by atoms with van der Waals surface area (Å²) < 4.78 is 0. The Morgan fingerprint density at radius 2 is 2.10 bits per heavy atom. The lowest BCUT2D eigenvalue weighted by molar-refractivity contribution is -0.125. The van der Waals surface area contributed by atoms with Gasteiger partial charge in [-0.1, -0.05) is 6.07 Å². The van der Waals surface area contributed by atoms with Crippen LogP contribution in [0.25, 0.3) is 0 Å². The summed E-state index contributed by atoms with van der Waals surface area (Å²) in [7, 11) is 0. The number of nitrogens with two attached hydrogens (primary N) is 1. The zero-order valence-corrected chi connectivity index (χ0v) is 11.4. The van der Waals surface area contributed by atoms with Gasteiger partial charge in [0.2, 0.25) is 11.8 Å². The molecule has 0 radical (unpaired) electrons. The van der Waals surface area contributed by atoms with E-state index in [1.54, 1.807) is 32.0 Å². The van der Waals surface area contributed by atoms with Crippen molar-refractivity contribution < 1.29 is 14.4 Å². The van der Waals surface area contributed by atoms with Crippen LogP contribution in [0.2, 0.25) is 0 Å². The van der Waals surface area contributed by atoms with Crippen molar-refractivity contribution in [2.45, 2.75) is 20.3 Å². The van der Waals surface area contributed by atoms with E-state index in [2.05, 4.69) is 10.6 Å². The first-order valence-corrected chi connectivity index (χ1v) is 6.30. The number of carbonyl (C=O) groups is 3. The van der Waals surface area contributed by atoms with Gasteiger partial charge in [0.15, 0.2) is 0 Å². The Hall–Kier alpha value is -2.37. The number of carbonyl (C=O) groups excluding carboxylic acids is 3. The highest BCUT2D eigenvalue weighted by molar-refractivity contribution is 6.02. The summed E-state index contributed by atoms with van der Waals surface area (Å²) in [4.78, 5) is 34.5. The summed E-state index contributed by atoms with van der Waals surface area (Å²) in [6, 6.07) is 5.04. The van der Waals surface area contributed by atoms with Crippen LogP contribution < -0.4 is 16.4 Å². The van der Waals surface area contributed by atoms with Gasteiger partial charge in [-0.05, 0) is 31.5 Å². The lowest BCUT2D eigenvalue weighted by Gasteiger charge is -2.20. The summed E-state index contributed by atoms with van der Waals surface area (Å²) in [6.45, 7) is 3.49. The summed E-state index contributed by atoms with van der Waals surface area (Å²) in [5.74, 6) is -0.852. The lowest BCUT2D eigenvalue weighted by Crippen LogP contribution is -2.42. The summed E-state index contributed by atoms with van der Waals surface area (Å²) in [5.41, 5.74) is 6.42. The fraction of sp³-hybridized carbons (Fsp3) is 0.357. The van der Waals surface area contributed by atoms with Crippen LogP contribution in [0.5, 0.6) is 0 Å². The van der Waals surface area contributed by atoms with Crippen molar-refractivity contribution >= 4 is 23.4 Å². The number of nitrogens with one attached hydrogen (secondary N) is 2. The normalized spacial score (nSPS) is 13.6. The Labute approximate surface area is 116 Å². The second-order valence-electron chi connectivity index (χ2n) is 5.53. The van der Waals surface area contributed by atoms with E-state index in [-0.39, 0.29) is 18.4 Å². The quantitative estimate of drug-likeness (QED) is 0.742. The second-order valence-corrected chi connectivity index (χ2v) is 5.53. The smallest absolute Gasteiger partial charge is 0.251 e. The monoisotopic (exact) mass is 275 g/mol. The fourth-order valence-corrected chi connectivity index (χ4v) is 1.85. The summed E-state index contributed by atoms with van der Waals surface area (Å²) in [6.07, 6.45) is 0.339. The third kappa shape index (κ3) is 2.79. The zero-order chi connectivity index (χ0) is 14.9. The molecular formula is C14H17N3O3. The van der Waals surface area contributed by atoms with Crippen molar-refractivity contribution in [1.29, 1.82) is 0 Å². The number of hydrogen-bond donors (Lipinski definition) is 3. The maximum atomic E-state index is 12.0. The van der Waals surface area contributed by atoms with E-state index in [4.69, 9.17) is 5.73 Å². The Bertz CT molecular complexity index is 593. The van der Waals surface area contributed by atoms with Gasteiger partial charge in [0.1, 0.15) is 0 Å². The van der Waals surface area contributed by atoms with Crippen LogP contribution in [0.1, 0.15) is 29.8 Å². The Balaban J connectivity index is 2.06. The van der Waals surface area contributed by atoms with Gasteiger partial charge in [0, 0.05) is 17.8 Å². The number of benzene rings is 1. The first kappa shape index (κ1) is 14.0.